The van der Waals surface area contributed by atoms with Gasteiger partial charge in [-0.3, -0.25) is 9.69 Å². The van der Waals surface area contributed by atoms with E-state index in [-0.39, 0.29) is 30.7 Å². The summed E-state index contributed by atoms with van der Waals surface area (Å²) in [6, 6.07) is 6.35. The topological polar surface area (TPSA) is 44.4 Å². The molecule has 7 heteroatoms. The molecule has 4 nitrogen and oxygen atoms in total. The van der Waals surface area contributed by atoms with Gasteiger partial charge >= 0.3 is 0 Å². The quantitative estimate of drug-likeness (QED) is 0.797. The minimum Gasteiger partial charge on any atom is -0.326 e. The lowest BCUT2D eigenvalue weighted by Crippen LogP contribution is -2.31. The van der Waals surface area contributed by atoms with Crippen molar-refractivity contribution in [3.05, 3.63) is 29.3 Å². The van der Waals surface area contributed by atoms with Crippen LogP contribution in [0.15, 0.2) is 18.2 Å². The summed E-state index contributed by atoms with van der Waals surface area (Å²) in [6.07, 6.45) is 0.503. The Kier molecular flexibility index (Phi) is 11.7. The number of carbonyl (C=O) groups excluding carboxylic acids is 1. The van der Waals surface area contributed by atoms with Crippen LogP contribution in [0.25, 0.3) is 0 Å². The van der Waals surface area contributed by atoms with Gasteiger partial charge in [-0.15, -0.1) is 24.8 Å². The van der Waals surface area contributed by atoms with Gasteiger partial charge in [0.15, 0.2) is 0 Å². The van der Waals surface area contributed by atoms with Gasteiger partial charge in [0.1, 0.15) is 0 Å². The molecule has 0 aliphatic carbocycles. The molecular weight excluding hydrogens is 353 g/mol. The van der Waals surface area contributed by atoms with Gasteiger partial charge < -0.3 is 10.6 Å². The molecule has 1 heterocycles. The third-order valence-electron chi connectivity index (χ3n) is 3.68. The number of hydrogen-bond acceptors (Lipinski definition) is 4. The Hall–Kier alpha value is -0.460. The van der Waals surface area contributed by atoms with E-state index in [9.17, 15) is 4.79 Å². The Bertz CT molecular complexity index is 482. The van der Waals surface area contributed by atoms with Crippen molar-refractivity contribution in [2.24, 2.45) is 0 Å². The molecule has 2 rings (SSSR count). The van der Waals surface area contributed by atoms with Gasteiger partial charge in [-0.1, -0.05) is 12.1 Å². The number of carbonyl (C=O) groups is 1. The van der Waals surface area contributed by atoms with E-state index in [0.29, 0.717) is 13.0 Å². The van der Waals surface area contributed by atoms with Crippen LogP contribution < -0.4 is 10.6 Å². The number of aryl methyl sites for hydroxylation is 1. The van der Waals surface area contributed by atoms with Crippen molar-refractivity contribution in [1.82, 2.24) is 10.2 Å². The van der Waals surface area contributed by atoms with Gasteiger partial charge in [-0.05, 0) is 31.2 Å². The molecule has 1 fully saturated rings. The lowest BCUT2D eigenvalue weighted by molar-refractivity contribution is -0.116. The number of hydrogen-bond donors (Lipinski definition) is 2. The maximum Gasteiger partial charge on any atom is 0.225 e. The zero-order valence-corrected chi connectivity index (χ0v) is 16.2. The van der Waals surface area contributed by atoms with E-state index in [1.165, 1.54) is 30.2 Å². The highest BCUT2D eigenvalue weighted by Crippen LogP contribution is 2.19. The summed E-state index contributed by atoms with van der Waals surface area (Å²) in [5.74, 6) is 2.53. The fourth-order valence-electron chi connectivity index (χ4n) is 2.43. The summed E-state index contributed by atoms with van der Waals surface area (Å²) in [5.41, 5.74) is 3.39. The zero-order chi connectivity index (χ0) is 15.1. The van der Waals surface area contributed by atoms with Crippen LogP contribution in [-0.2, 0) is 11.3 Å². The molecule has 0 bridgehead atoms. The maximum atomic E-state index is 11.8. The molecule has 1 aliphatic rings. The van der Waals surface area contributed by atoms with Crippen molar-refractivity contribution in [2.75, 3.05) is 43.5 Å². The first-order valence-corrected chi connectivity index (χ1v) is 8.68. The van der Waals surface area contributed by atoms with E-state index in [0.717, 1.165) is 17.8 Å². The molecule has 0 unspecified atom stereocenters. The number of amides is 1. The molecule has 0 atom stereocenters. The van der Waals surface area contributed by atoms with Crippen LogP contribution >= 0.6 is 36.6 Å². The highest BCUT2D eigenvalue weighted by Gasteiger charge is 2.11. The first-order valence-electron chi connectivity index (χ1n) is 7.53. The van der Waals surface area contributed by atoms with Crippen LogP contribution in [0, 0.1) is 6.92 Å². The highest BCUT2D eigenvalue weighted by molar-refractivity contribution is 7.99. The molecular formula is C16H27Cl2N3OS. The lowest BCUT2D eigenvalue weighted by Gasteiger charge is -2.26. The molecule has 1 aromatic rings. The average Bonchev–Trinajstić information content (AvgIpc) is 2.49. The molecule has 23 heavy (non-hydrogen) atoms. The minimum absolute atomic E-state index is 0. The number of anilines is 1. The van der Waals surface area contributed by atoms with Crippen molar-refractivity contribution in [1.29, 1.82) is 0 Å². The summed E-state index contributed by atoms with van der Waals surface area (Å²) in [5, 5.41) is 5.97. The van der Waals surface area contributed by atoms with E-state index in [1.807, 2.05) is 24.9 Å². The van der Waals surface area contributed by atoms with E-state index in [2.05, 4.69) is 34.6 Å². The van der Waals surface area contributed by atoms with Gasteiger partial charge in [0, 0.05) is 49.8 Å². The molecule has 0 spiro atoms. The second kappa shape index (κ2) is 12.0. The summed E-state index contributed by atoms with van der Waals surface area (Å²) in [4.78, 5) is 14.3. The third kappa shape index (κ3) is 7.77. The van der Waals surface area contributed by atoms with Crippen molar-refractivity contribution in [3.8, 4) is 0 Å². The van der Waals surface area contributed by atoms with Gasteiger partial charge in [0.2, 0.25) is 5.91 Å². The summed E-state index contributed by atoms with van der Waals surface area (Å²) in [6.45, 7) is 6.12. The van der Waals surface area contributed by atoms with E-state index < -0.39 is 0 Å². The molecule has 2 N–H and O–H groups in total. The Morgan fingerprint density at radius 1 is 1.26 bits per heavy atom. The fraction of sp³-hybridized carbons (Fsp3) is 0.562. The molecule has 1 aromatic carbocycles. The third-order valence-corrected chi connectivity index (χ3v) is 4.62. The van der Waals surface area contributed by atoms with Crippen LogP contribution in [0.4, 0.5) is 5.69 Å². The number of benzene rings is 1. The van der Waals surface area contributed by atoms with Crippen molar-refractivity contribution >= 4 is 48.2 Å². The second-order valence-electron chi connectivity index (χ2n) is 5.44. The number of nitrogens with zero attached hydrogens (tertiary/aromatic N) is 1. The Morgan fingerprint density at radius 3 is 2.57 bits per heavy atom. The number of thioether (sulfide) groups is 1. The minimum atomic E-state index is 0. The molecule has 0 radical (unpaired) electrons. The van der Waals surface area contributed by atoms with Gasteiger partial charge in [-0.2, -0.15) is 11.8 Å². The Balaban J connectivity index is 0.00000242. The molecule has 1 saturated heterocycles. The van der Waals surface area contributed by atoms with Crippen LogP contribution in [0.3, 0.4) is 0 Å². The van der Waals surface area contributed by atoms with Gasteiger partial charge in [-0.25, -0.2) is 0 Å². The predicted molar refractivity (Wildman–Crippen MR) is 105 cm³/mol. The Labute approximate surface area is 156 Å². The maximum absolute atomic E-state index is 11.8. The summed E-state index contributed by atoms with van der Waals surface area (Å²) in [7, 11) is 1.85. The monoisotopic (exact) mass is 379 g/mol. The number of nitrogens with one attached hydrogen (secondary N) is 2. The fourth-order valence-corrected chi connectivity index (χ4v) is 3.41. The van der Waals surface area contributed by atoms with E-state index in [1.54, 1.807) is 0 Å². The standard InChI is InChI=1S/C16H25N3OS.2ClH/c1-13-11-14(12-19-7-9-21-10-8-19)3-4-15(13)18-16(20)5-6-17-2;;/h3-4,11,17H,5-10,12H2,1-2H3,(H,18,20);2*1H. The molecule has 0 saturated carbocycles. The van der Waals surface area contributed by atoms with Crippen LogP contribution in [-0.4, -0.2) is 49.0 Å². The van der Waals surface area contributed by atoms with Gasteiger partial charge in [0.05, 0.1) is 0 Å². The zero-order valence-electron chi connectivity index (χ0n) is 13.8. The first kappa shape index (κ1) is 22.5. The van der Waals surface area contributed by atoms with Gasteiger partial charge in [0.25, 0.3) is 0 Å². The highest BCUT2D eigenvalue weighted by atomic mass is 35.5. The average molecular weight is 380 g/mol. The largest absolute Gasteiger partial charge is 0.326 e. The van der Waals surface area contributed by atoms with Crippen molar-refractivity contribution in [3.63, 3.8) is 0 Å². The molecule has 1 amide bonds. The lowest BCUT2D eigenvalue weighted by atomic mass is 10.1. The van der Waals surface area contributed by atoms with E-state index >= 15 is 0 Å². The van der Waals surface area contributed by atoms with Crippen LogP contribution in [0.2, 0.25) is 0 Å². The summed E-state index contributed by atoms with van der Waals surface area (Å²) < 4.78 is 0. The summed E-state index contributed by atoms with van der Waals surface area (Å²) >= 11 is 2.03. The smallest absolute Gasteiger partial charge is 0.225 e. The van der Waals surface area contributed by atoms with Crippen LogP contribution in [0.5, 0.6) is 0 Å². The number of halogens is 2. The number of rotatable bonds is 6. The molecule has 1 aliphatic heterocycles. The first-order chi connectivity index (χ1) is 10.2. The normalized spacial score (nSPS) is 14.5. The second-order valence-corrected chi connectivity index (χ2v) is 6.66. The molecule has 132 valence electrons. The Morgan fingerprint density at radius 2 is 1.96 bits per heavy atom. The van der Waals surface area contributed by atoms with Crippen molar-refractivity contribution in [2.45, 2.75) is 19.9 Å². The molecule has 0 aromatic heterocycles. The van der Waals surface area contributed by atoms with Crippen LogP contribution in [0.1, 0.15) is 17.5 Å². The predicted octanol–water partition coefficient (Wildman–Crippen LogP) is 2.94. The van der Waals surface area contributed by atoms with Crippen molar-refractivity contribution < 1.29 is 4.79 Å². The van der Waals surface area contributed by atoms with E-state index in [4.69, 9.17) is 0 Å². The SMILES string of the molecule is CNCCC(=O)Nc1ccc(CN2CCSCC2)cc1C.Cl.Cl.